The molecular weight excluding hydrogens is 474 g/mol. The predicted molar refractivity (Wildman–Crippen MR) is 126 cm³/mol. The van der Waals surface area contributed by atoms with Gasteiger partial charge in [0.2, 0.25) is 0 Å². The molecule has 170 valence electrons. The van der Waals surface area contributed by atoms with E-state index in [2.05, 4.69) is 22.9 Å². The first-order valence-electron chi connectivity index (χ1n) is 10.7. The van der Waals surface area contributed by atoms with Crippen LogP contribution in [0.15, 0.2) is 58.6 Å². The van der Waals surface area contributed by atoms with E-state index in [0.29, 0.717) is 37.5 Å². The highest BCUT2D eigenvalue weighted by molar-refractivity contribution is 9.10. The summed E-state index contributed by atoms with van der Waals surface area (Å²) in [6.07, 6.45) is 2.51. The van der Waals surface area contributed by atoms with Gasteiger partial charge in [-0.25, -0.2) is 0 Å². The van der Waals surface area contributed by atoms with Crippen molar-refractivity contribution in [2.75, 3.05) is 26.9 Å². The van der Waals surface area contributed by atoms with Gasteiger partial charge in [0.05, 0.1) is 18.2 Å². The fourth-order valence-electron chi connectivity index (χ4n) is 3.74. The Balaban J connectivity index is 2.04. The van der Waals surface area contributed by atoms with E-state index < -0.39 is 17.7 Å². The first-order chi connectivity index (χ1) is 15.5. The van der Waals surface area contributed by atoms with E-state index in [4.69, 9.17) is 9.47 Å². The molecule has 32 heavy (non-hydrogen) atoms. The van der Waals surface area contributed by atoms with Crippen molar-refractivity contribution < 1.29 is 24.2 Å². The lowest BCUT2D eigenvalue weighted by molar-refractivity contribution is -0.140. The molecule has 2 aromatic rings. The summed E-state index contributed by atoms with van der Waals surface area (Å²) in [7, 11) is 1.59. The van der Waals surface area contributed by atoms with Crippen LogP contribution in [0.2, 0.25) is 0 Å². The van der Waals surface area contributed by atoms with Crippen LogP contribution in [0.25, 0.3) is 5.76 Å². The van der Waals surface area contributed by atoms with Gasteiger partial charge in [0.25, 0.3) is 11.7 Å². The summed E-state index contributed by atoms with van der Waals surface area (Å²) in [6.45, 7) is 3.46. The summed E-state index contributed by atoms with van der Waals surface area (Å²) in [6, 6.07) is 13.7. The van der Waals surface area contributed by atoms with E-state index in [1.807, 2.05) is 30.3 Å². The number of ether oxygens (including phenoxy) is 2. The minimum Gasteiger partial charge on any atom is -0.507 e. The molecule has 3 rings (SSSR count). The Hall–Kier alpha value is -2.64. The highest BCUT2D eigenvalue weighted by Gasteiger charge is 2.45. The second-order valence-corrected chi connectivity index (χ2v) is 8.54. The molecule has 0 aromatic heterocycles. The van der Waals surface area contributed by atoms with Crippen molar-refractivity contribution in [1.82, 2.24) is 4.90 Å². The van der Waals surface area contributed by atoms with Gasteiger partial charge in [0, 0.05) is 30.3 Å². The Labute approximate surface area is 197 Å². The molecule has 0 radical (unpaired) electrons. The van der Waals surface area contributed by atoms with Crippen molar-refractivity contribution >= 4 is 33.4 Å². The number of Topliss-reactive ketones (excluding diaryl/α,β-unsaturated/α-hetero) is 1. The van der Waals surface area contributed by atoms with Crippen LogP contribution in [0, 0.1) is 0 Å². The molecule has 0 spiro atoms. The van der Waals surface area contributed by atoms with E-state index in [9.17, 15) is 14.7 Å². The van der Waals surface area contributed by atoms with Gasteiger partial charge in [-0.2, -0.15) is 0 Å². The normalized spacial score (nSPS) is 17.7. The van der Waals surface area contributed by atoms with Crippen molar-refractivity contribution in [2.45, 2.75) is 32.2 Å². The third-order valence-electron chi connectivity index (χ3n) is 5.33. The highest BCUT2D eigenvalue weighted by Crippen LogP contribution is 2.40. The van der Waals surface area contributed by atoms with E-state index in [-0.39, 0.29) is 11.3 Å². The number of unbranched alkanes of at least 4 members (excludes halogenated alkanes) is 1. The largest absolute Gasteiger partial charge is 0.507 e. The monoisotopic (exact) mass is 501 g/mol. The van der Waals surface area contributed by atoms with Crippen molar-refractivity contribution in [3.05, 3.63) is 69.7 Å². The van der Waals surface area contributed by atoms with Crippen LogP contribution in [0.5, 0.6) is 5.75 Å². The van der Waals surface area contributed by atoms with Gasteiger partial charge in [0.1, 0.15) is 11.5 Å². The van der Waals surface area contributed by atoms with Gasteiger partial charge in [-0.3, -0.25) is 9.59 Å². The van der Waals surface area contributed by atoms with Gasteiger partial charge in [0.15, 0.2) is 0 Å². The van der Waals surface area contributed by atoms with Crippen LogP contribution in [0.4, 0.5) is 0 Å². The van der Waals surface area contributed by atoms with Gasteiger partial charge in [-0.05, 0) is 42.7 Å². The third-order valence-corrected chi connectivity index (χ3v) is 5.82. The first-order valence-corrected chi connectivity index (χ1v) is 11.5. The minimum absolute atomic E-state index is 0.0798. The van der Waals surface area contributed by atoms with E-state index in [1.54, 1.807) is 25.3 Å². The molecule has 0 bridgehead atoms. The fraction of sp³-hybridized carbons (Fsp3) is 0.360. The van der Waals surface area contributed by atoms with Crippen LogP contribution in [0.1, 0.15) is 43.4 Å². The standard InChI is InChI=1S/C25H28BrNO5/c1-3-4-14-32-20-11-6-9-18(16-20)23(28)21-22(17-8-5-10-19(26)15-17)27(12-7-13-31-2)25(30)24(21)29/h5-6,8-11,15-16,22,28H,3-4,7,12-14H2,1-2H3/b23-21+. The molecule has 1 heterocycles. The average Bonchev–Trinajstić information content (AvgIpc) is 3.04. The molecule has 0 saturated carbocycles. The number of likely N-dealkylation sites (tertiary alicyclic amines) is 1. The number of hydrogen-bond donors (Lipinski definition) is 1. The summed E-state index contributed by atoms with van der Waals surface area (Å²) < 4.78 is 11.7. The number of carbonyl (C=O) groups excluding carboxylic acids is 2. The third kappa shape index (κ3) is 5.40. The number of halogens is 1. The molecule has 1 aliphatic heterocycles. The lowest BCUT2D eigenvalue weighted by atomic mass is 9.95. The molecule has 1 amide bonds. The van der Waals surface area contributed by atoms with Gasteiger partial charge in [-0.15, -0.1) is 0 Å². The molecule has 1 atom stereocenters. The summed E-state index contributed by atoms with van der Waals surface area (Å²) in [4.78, 5) is 27.5. The predicted octanol–water partition coefficient (Wildman–Crippen LogP) is 5.09. The topological polar surface area (TPSA) is 76.1 Å². The molecule has 1 N–H and O–H groups in total. The number of benzene rings is 2. The number of ketones is 1. The second-order valence-electron chi connectivity index (χ2n) is 7.62. The zero-order chi connectivity index (χ0) is 23.1. The number of hydrogen-bond acceptors (Lipinski definition) is 5. The van der Waals surface area contributed by atoms with Crippen LogP contribution < -0.4 is 4.74 Å². The zero-order valence-corrected chi connectivity index (χ0v) is 19.9. The van der Waals surface area contributed by atoms with Gasteiger partial charge in [-0.1, -0.05) is 53.5 Å². The number of aliphatic hydroxyl groups excluding tert-OH is 1. The maximum absolute atomic E-state index is 13.0. The minimum atomic E-state index is -0.692. The quantitative estimate of drug-likeness (QED) is 0.212. The average molecular weight is 502 g/mol. The maximum Gasteiger partial charge on any atom is 0.295 e. The molecular formula is C25H28BrNO5. The summed E-state index contributed by atoms with van der Waals surface area (Å²) >= 11 is 3.46. The molecule has 2 aromatic carbocycles. The molecule has 1 unspecified atom stereocenters. The Bertz CT molecular complexity index is 1000. The Morgan fingerprint density at radius 1 is 1.09 bits per heavy atom. The van der Waals surface area contributed by atoms with Crippen molar-refractivity contribution in [1.29, 1.82) is 0 Å². The van der Waals surface area contributed by atoms with Crippen LogP contribution in [-0.2, 0) is 14.3 Å². The lowest BCUT2D eigenvalue weighted by Crippen LogP contribution is -2.31. The number of aliphatic hydroxyl groups is 1. The second kappa shape index (κ2) is 11.3. The Kier molecular flexibility index (Phi) is 8.47. The first kappa shape index (κ1) is 24.0. The van der Waals surface area contributed by atoms with Crippen LogP contribution in [0.3, 0.4) is 0 Å². The smallest absolute Gasteiger partial charge is 0.295 e. The Morgan fingerprint density at radius 3 is 2.59 bits per heavy atom. The van der Waals surface area contributed by atoms with Gasteiger partial charge >= 0.3 is 0 Å². The van der Waals surface area contributed by atoms with E-state index in [1.165, 1.54) is 4.90 Å². The van der Waals surface area contributed by atoms with Crippen molar-refractivity contribution in [3.8, 4) is 5.75 Å². The highest BCUT2D eigenvalue weighted by atomic mass is 79.9. The number of methoxy groups -OCH3 is 1. The van der Waals surface area contributed by atoms with Gasteiger partial charge < -0.3 is 19.5 Å². The zero-order valence-electron chi connectivity index (χ0n) is 18.3. The molecule has 0 aliphatic carbocycles. The molecule has 1 fully saturated rings. The lowest BCUT2D eigenvalue weighted by Gasteiger charge is -2.25. The van der Waals surface area contributed by atoms with Crippen LogP contribution in [-0.4, -0.2) is 48.6 Å². The molecule has 1 aliphatic rings. The molecule has 7 heteroatoms. The Morgan fingerprint density at radius 2 is 1.88 bits per heavy atom. The van der Waals surface area contributed by atoms with Crippen molar-refractivity contribution in [2.24, 2.45) is 0 Å². The number of nitrogens with zero attached hydrogens (tertiary/aromatic N) is 1. The number of rotatable bonds is 10. The number of amides is 1. The number of carbonyl (C=O) groups is 2. The molecule has 6 nitrogen and oxygen atoms in total. The SMILES string of the molecule is CCCCOc1cccc(/C(O)=C2\C(=O)C(=O)N(CCCOC)C2c2cccc(Br)c2)c1. The summed E-state index contributed by atoms with van der Waals surface area (Å²) in [5.74, 6) is -0.912. The van der Waals surface area contributed by atoms with E-state index >= 15 is 0 Å². The summed E-state index contributed by atoms with van der Waals surface area (Å²) in [5, 5.41) is 11.2. The van der Waals surface area contributed by atoms with Crippen molar-refractivity contribution in [3.63, 3.8) is 0 Å². The maximum atomic E-state index is 13.0. The molecule has 1 saturated heterocycles. The fourth-order valence-corrected chi connectivity index (χ4v) is 4.15. The summed E-state index contributed by atoms with van der Waals surface area (Å²) in [5.41, 5.74) is 1.26. The van der Waals surface area contributed by atoms with E-state index in [0.717, 1.165) is 22.9 Å². The van der Waals surface area contributed by atoms with Crippen LogP contribution >= 0.6 is 15.9 Å².